The van der Waals surface area contributed by atoms with Gasteiger partial charge in [-0.15, -0.1) is 0 Å². The minimum atomic E-state index is -0.473. The van der Waals surface area contributed by atoms with E-state index in [1.54, 1.807) is 45.1 Å². The van der Waals surface area contributed by atoms with Gasteiger partial charge in [-0.2, -0.15) is 4.98 Å². The van der Waals surface area contributed by atoms with Crippen LogP contribution in [0.5, 0.6) is 11.5 Å². The number of methoxy groups -OCH3 is 2. The maximum atomic E-state index is 13.7. The number of nitrogens with zero attached hydrogens (tertiary/aromatic N) is 5. The summed E-state index contributed by atoms with van der Waals surface area (Å²) >= 11 is 5.70. The number of ether oxygens (including phenoxy) is 3. The second-order valence-corrected chi connectivity index (χ2v) is 10.7. The number of fused-ring (bicyclic) bond motifs is 1. The zero-order valence-corrected chi connectivity index (χ0v) is 25.1. The zero-order valence-electron chi connectivity index (χ0n) is 24.3. The van der Waals surface area contributed by atoms with Gasteiger partial charge < -0.3 is 39.0 Å². The lowest BCUT2D eigenvalue weighted by Crippen LogP contribution is -2.49. The molecule has 2 amide bonds. The number of thiocarbonyl (C=S) groups is 1. The molecule has 2 aliphatic rings. The van der Waals surface area contributed by atoms with E-state index < -0.39 is 6.04 Å². The van der Waals surface area contributed by atoms with E-state index in [-0.39, 0.29) is 23.7 Å². The first-order valence-corrected chi connectivity index (χ1v) is 14.3. The molecule has 0 spiro atoms. The largest absolute Gasteiger partial charge is 0.493 e. The van der Waals surface area contributed by atoms with Crippen LogP contribution < -0.4 is 19.7 Å². The summed E-state index contributed by atoms with van der Waals surface area (Å²) in [5.41, 5.74) is 0.574. The van der Waals surface area contributed by atoms with Crippen LogP contribution in [-0.2, 0) is 14.3 Å². The van der Waals surface area contributed by atoms with Crippen LogP contribution in [0.1, 0.15) is 40.0 Å². The summed E-state index contributed by atoms with van der Waals surface area (Å²) in [6.45, 7) is 8.15. The molecule has 2 aromatic rings. The Balaban J connectivity index is 1.63. The summed E-state index contributed by atoms with van der Waals surface area (Å²) in [7, 11) is 3.09. The zero-order chi connectivity index (χ0) is 29.7. The van der Waals surface area contributed by atoms with Crippen molar-refractivity contribution in [1.82, 2.24) is 19.8 Å². The minimum Gasteiger partial charge on any atom is -0.493 e. The number of ketones is 1. The molecule has 1 N–H and O–H groups in total. The smallest absolute Gasteiger partial charge is 0.409 e. The monoisotopic (exact) mass is 586 g/mol. The molecule has 0 bridgehead atoms. The number of hydrogen-bond acceptors (Lipinski definition) is 10. The molecule has 4 rings (SSSR count). The van der Waals surface area contributed by atoms with Crippen molar-refractivity contribution < 1.29 is 28.6 Å². The van der Waals surface area contributed by atoms with Gasteiger partial charge in [0, 0.05) is 56.5 Å². The quantitative estimate of drug-likeness (QED) is 0.435. The Morgan fingerprint density at radius 1 is 1.07 bits per heavy atom. The first-order chi connectivity index (χ1) is 19.7. The number of carbonyl (C=O) groups is 3. The number of aromatic nitrogens is 2. The summed E-state index contributed by atoms with van der Waals surface area (Å²) in [6, 6.07) is 3.03. The average molecular weight is 587 g/mol. The molecule has 2 atom stereocenters. The van der Waals surface area contributed by atoms with Crippen molar-refractivity contribution in [2.24, 2.45) is 5.92 Å². The summed E-state index contributed by atoms with van der Waals surface area (Å²) in [4.78, 5) is 53.3. The van der Waals surface area contributed by atoms with Crippen LogP contribution in [-0.4, -0.2) is 102 Å². The Kier molecular flexibility index (Phi) is 9.79. The Hall–Kier alpha value is -3.74. The first-order valence-electron chi connectivity index (χ1n) is 13.9. The van der Waals surface area contributed by atoms with Crippen molar-refractivity contribution >= 4 is 57.7 Å². The lowest BCUT2D eigenvalue weighted by Gasteiger charge is -2.34. The molecule has 2 saturated heterocycles. The van der Waals surface area contributed by atoms with Crippen LogP contribution in [0.3, 0.4) is 0 Å². The van der Waals surface area contributed by atoms with Crippen molar-refractivity contribution in [3.05, 3.63) is 12.1 Å². The number of anilines is 2. The van der Waals surface area contributed by atoms with Gasteiger partial charge in [0.05, 0.1) is 31.3 Å². The highest BCUT2D eigenvalue weighted by atomic mass is 32.1. The summed E-state index contributed by atoms with van der Waals surface area (Å²) in [5, 5.41) is 3.64. The highest BCUT2D eigenvalue weighted by Gasteiger charge is 2.35. The highest BCUT2D eigenvalue weighted by Crippen LogP contribution is 2.35. The van der Waals surface area contributed by atoms with Crippen molar-refractivity contribution in [3.63, 3.8) is 0 Å². The predicted molar refractivity (Wildman–Crippen MR) is 159 cm³/mol. The number of carbonyl (C=O) groups excluding carboxylic acids is 3. The fourth-order valence-electron chi connectivity index (χ4n) is 5.29. The Morgan fingerprint density at radius 3 is 2.39 bits per heavy atom. The molecule has 2 aliphatic heterocycles. The minimum absolute atomic E-state index is 0.0625. The Morgan fingerprint density at radius 2 is 1.76 bits per heavy atom. The second kappa shape index (κ2) is 13.3. The number of Topliss-reactive ketones (excluding diaryl/α,β-unsaturated/α-hetero) is 1. The second-order valence-electron chi connectivity index (χ2n) is 10.3. The molecule has 222 valence electrons. The van der Waals surface area contributed by atoms with Gasteiger partial charge >= 0.3 is 6.09 Å². The molecule has 1 aromatic heterocycles. The third kappa shape index (κ3) is 6.77. The molecule has 12 nitrogen and oxygen atoms in total. The van der Waals surface area contributed by atoms with E-state index in [1.165, 1.54) is 0 Å². The van der Waals surface area contributed by atoms with Crippen LogP contribution in [0, 0.1) is 5.92 Å². The van der Waals surface area contributed by atoms with Crippen LogP contribution in [0.4, 0.5) is 16.6 Å². The number of benzene rings is 1. The molecule has 1 unspecified atom stereocenters. The van der Waals surface area contributed by atoms with Crippen LogP contribution in [0.25, 0.3) is 10.9 Å². The van der Waals surface area contributed by atoms with E-state index in [0.717, 1.165) is 6.42 Å². The summed E-state index contributed by atoms with van der Waals surface area (Å²) in [6.07, 6.45) is 1.46. The predicted octanol–water partition coefficient (Wildman–Crippen LogP) is 3.27. The topological polar surface area (TPSA) is 126 Å². The molecule has 3 heterocycles. The highest BCUT2D eigenvalue weighted by molar-refractivity contribution is 7.80. The average Bonchev–Trinajstić information content (AvgIpc) is 3.46. The standard InChI is InChI=1S/C28H38N6O6S/c1-6-40-28(37)33-12-10-32(11-13-33)27-29-20-16-23(39-5)22(38-4)15-19(20)24(31-27)30-25(36)21-8-7-9-34(21)26(41)17(2)14-18(3)35/h15-17,21H,6-14H2,1-5H3,(H,29,30,31,36)/t17?,21-/m1/s1. The maximum Gasteiger partial charge on any atom is 0.409 e. The van der Waals surface area contributed by atoms with Crippen LogP contribution in [0.2, 0.25) is 0 Å². The number of amides is 2. The van der Waals surface area contributed by atoms with E-state index in [1.807, 2.05) is 16.7 Å². The molecular weight excluding hydrogens is 548 g/mol. The van der Waals surface area contributed by atoms with Gasteiger partial charge in [-0.1, -0.05) is 19.1 Å². The first kappa shape index (κ1) is 30.2. The summed E-state index contributed by atoms with van der Waals surface area (Å²) in [5.74, 6) is 1.46. The normalized spacial score (nSPS) is 17.8. The summed E-state index contributed by atoms with van der Waals surface area (Å²) < 4.78 is 16.1. The van der Waals surface area contributed by atoms with E-state index in [2.05, 4.69) is 5.32 Å². The Labute approximate surface area is 245 Å². The van der Waals surface area contributed by atoms with Gasteiger partial charge in [0.1, 0.15) is 17.6 Å². The molecule has 13 heteroatoms. The molecule has 0 aliphatic carbocycles. The number of rotatable bonds is 9. The SMILES string of the molecule is CCOC(=O)N1CCN(c2nc(NC(=O)[C@H]3CCCN3C(=S)C(C)CC(C)=O)c3cc(OC)c(OC)cc3n2)CC1. The van der Waals surface area contributed by atoms with Crippen molar-refractivity contribution in [2.45, 2.75) is 46.1 Å². The van der Waals surface area contributed by atoms with Gasteiger partial charge in [0.2, 0.25) is 11.9 Å². The van der Waals surface area contributed by atoms with Gasteiger partial charge in [0.25, 0.3) is 0 Å². The fraction of sp³-hybridized carbons (Fsp3) is 0.571. The number of nitrogens with one attached hydrogen (secondary N) is 1. The number of hydrogen-bond donors (Lipinski definition) is 1. The molecular formula is C28H38N6O6S. The molecule has 1 aromatic carbocycles. The van der Waals surface area contributed by atoms with Crippen molar-refractivity contribution in [2.75, 3.05) is 63.8 Å². The Bertz CT molecular complexity index is 1310. The van der Waals surface area contributed by atoms with Gasteiger partial charge in [-0.25, -0.2) is 9.78 Å². The molecule has 0 radical (unpaired) electrons. The number of likely N-dealkylation sites (tertiary alicyclic amines) is 1. The van der Waals surface area contributed by atoms with Crippen LogP contribution >= 0.6 is 12.2 Å². The number of piperazine rings is 1. The van der Waals surface area contributed by atoms with E-state index >= 15 is 0 Å². The van der Waals surface area contributed by atoms with E-state index in [9.17, 15) is 14.4 Å². The lowest BCUT2D eigenvalue weighted by atomic mass is 10.0. The third-order valence-electron chi connectivity index (χ3n) is 7.37. The third-order valence-corrected chi connectivity index (χ3v) is 8.01. The maximum absolute atomic E-state index is 13.7. The van der Waals surface area contributed by atoms with E-state index in [4.69, 9.17) is 36.4 Å². The lowest BCUT2D eigenvalue weighted by molar-refractivity contribution is -0.119. The molecule has 2 fully saturated rings. The fourth-order valence-corrected chi connectivity index (χ4v) is 5.59. The van der Waals surface area contributed by atoms with Gasteiger partial charge in [0.15, 0.2) is 11.5 Å². The van der Waals surface area contributed by atoms with Crippen molar-refractivity contribution in [1.29, 1.82) is 0 Å². The molecule has 41 heavy (non-hydrogen) atoms. The van der Waals surface area contributed by atoms with Crippen molar-refractivity contribution in [3.8, 4) is 11.5 Å². The molecule has 0 saturated carbocycles. The van der Waals surface area contributed by atoms with Gasteiger partial charge in [-0.3, -0.25) is 4.79 Å². The van der Waals surface area contributed by atoms with E-state index in [0.29, 0.717) is 91.3 Å². The van der Waals surface area contributed by atoms with Crippen LogP contribution in [0.15, 0.2) is 12.1 Å². The van der Waals surface area contributed by atoms with Gasteiger partial charge in [-0.05, 0) is 32.8 Å².